The minimum atomic E-state index is -0.468. The fourth-order valence-corrected chi connectivity index (χ4v) is 2.15. The molecule has 0 aliphatic rings. The normalized spacial score (nSPS) is 14.0. The predicted octanol–water partition coefficient (Wildman–Crippen LogP) is 1.83. The van der Waals surface area contributed by atoms with E-state index in [1.807, 2.05) is 0 Å². The van der Waals surface area contributed by atoms with Crippen LogP contribution in [0.3, 0.4) is 0 Å². The molecule has 5 nitrogen and oxygen atoms in total. The van der Waals surface area contributed by atoms with Gasteiger partial charge < -0.3 is 20.9 Å². The predicted molar refractivity (Wildman–Crippen MR) is 86.0 cm³/mol. The van der Waals surface area contributed by atoms with Crippen molar-refractivity contribution in [1.29, 1.82) is 0 Å². The summed E-state index contributed by atoms with van der Waals surface area (Å²) in [6, 6.07) is 0. The number of hydrogen-bond donors (Lipinski definition) is 3. The van der Waals surface area contributed by atoms with Crippen molar-refractivity contribution in [2.24, 2.45) is 11.7 Å². The second-order valence-electron chi connectivity index (χ2n) is 5.74. The first-order valence-electron chi connectivity index (χ1n) is 8.34. The van der Waals surface area contributed by atoms with Crippen LogP contribution in [0, 0.1) is 5.92 Å². The number of unbranched alkanes of at least 4 members (excludes halogenated alkanes) is 2. The van der Waals surface area contributed by atoms with E-state index in [1.54, 1.807) is 0 Å². The van der Waals surface area contributed by atoms with E-state index in [0.717, 1.165) is 32.4 Å². The van der Waals surface area contributed by atoms with Gasteiger partial charge in [0.2, 0.25) is 5.91 Å². The molecule has 2 atom stereocenters. The molecule has 0 fully saturated rings. The van der Waals surface area contributed by atoms with E-state index in [4.69, 9.17) is 10.5 Å². The number of carbonyl (C=O) groups is 1. The molecule has 1 amide bonds. The summed E-state index contributed by atoms with van der Waals surface area (Å²) in [7, 11) is 0. The van der Waals surface area contributed by atoms with Gasteiger partial charge in [0.25, 0.3) is 0 Å². The second kappa shape index (κ2) is 14.3. The molecule has 0 aromatic rings. The van der Waals surface area contributed by atoms with Crippen molar-refractivity contribution < 1.29 is 14.6 Å². The second-order valence-corrected chi connectivity index (χ2v) is 5.74. The van der Waals surface area contributed by atoms with Crippen LogP contribution in [0.5, 0.6) is 0 Å². The smallest absolute Gasteiger partial charge is 0.217 e. The lowest BCUT2D eigenvalue weighted by Gasteiger charge is -2.17. The van der Waals surface area contributed by atoms with Crippen LogP contribution in [0.1, 0.15) is 58.8 Å². The standard InChI is InChI=1S/C16H34N2O3/c1-3-5-8-14(4-2)12-21-13-15(19)11-18-10-7-6-9-16(17)20/h14-15,18-19H,3-13H2,1-2H3,(H2,17,20). The zero-order valence-corrected chi connectivity index (χ0v) is 13.8. The van der Waals surface area contributed by atoms with Crippen LogP contribution in [0.2, 0.25) is 0 Å². The summed E-state index contributed by atoms with van der Waals surface area (Å²) in [6.07, 6.45) is 6.47. The van der Waals surface area contributed by atoms with Crippen LogP contribution in [-0.2, 0) is 9.53 Å². The maximum atomic E-state index is 10.5. The number of amides is 1. The molecule has 0 saturated heterocycles. The Bertz CT molecular complexity index is 250. The molecule has 5 heteroatoms. The third-order valence-corrected chi connectivity index (χ3v) is 3.61. The molecule has 0 aliphatic heterocycles. The van der Waals surface area contributed by atoms with Gasteiger partial charge in [0, 0.05) is 19.6 Å². The molecule has 0 saturated carbocycles. The van der Waals surface area contributed by atoms with Gasteiger partial charge in [-0.25, -0.2) is 0 Å². The van der Waals surface area contributed by atoms with Crippen LogP contribution in [0.25, 0.3) is 0 Å². The molecular formula is C16H34N2O3. The van der Waals surface area contributed by atoms with E-state index in [2.05, 4.69) is 19.2 Å². The van der Waals surface area contributed by atoms with E-state index < -0.39 is 6.10 Å². The maximum absolute atomic E-state index is 10.5. The molecule has 2 unspecified atom stereocenters. The third-order valence-electron chi connectivity index (χ3n) is 3.61. The summed E-state index contributed by atoms with van der Waals surface area (Å²) in [5.41, 5.74) is 5.06. The maximum Gasteiger partial charge on any atom is 0.217 e. The molecule has 0 spiro atoms. The molecule has 21 heavy (non-hydrogen) atoms. The minimum Gasteiger partial charge on any atom is -0.389 e. The first-order chi connectivity index (χ1) is 10.1. The monoisotopic (exact) mass is 302 g/mol. The van der Waals surface area contributed by atoms with Gasteiger partial charge in [-0.2, -0.15) is 0 Å². The molecule has 0 aromatic heterocycles. The lowest BCUT2D eigenvalue weighted by molar-refractivity contribution is -0.118. The molecule has 0 heterocycles. The zero-order valence-electron chi connectivity index (χ0n) is 13.8. The van der Waals surface area contributed by atoms with E-state index in [-0.39, 0.29) is 5.91 Å². The van der Waals surface area contributed by atoms with Gasteiger partial charge in [0.05, 0.1) is 12.7 Å². The molecule has 0 rings (SSSR count). The Balaban J connectivity index is 3.44. The van der Waals surface area contributed by atoms with Gasteiger partial charge in [-0.15, -0.1) is 0 Å². The molecule has 4 N–H and O–H groups in total. The Morgan fingerprint density at radius 3 is 2.62 bits per heavy atom. The number of ether oxygens (including phenoxy) is 1. The van der Waals surface area contributed by atoms with Crippen molar-refractivity contribution >= 4 is 5.91 Å². The SMILES string of the molecule is CCCCC(CC)COCC(O)CNCCCCC(N)=O. The van der Waals surface area contributed by atoms with Gasteiger partial charge >= 0.3 is 0 Å². The van der Waals surface area contributed by atoms with E-state index in [9.17, 15) is 9.90 Å². The van der Waals surface area contributed by atoms with E-state index >= 15 is 0 Å². The molecule has 0 aromatic carbocycles. The Labute approximate surface area is 129 Å². The summed E-state index contributed by atoms with van der Waals surface area (Å²) in [4.78, 5) is 10.5. The number of aliphatic hydroxyl groups is 1. The highest BCUT2D eigenvalue weighted by Crippen LogP contribution is 2.12. The van der Waals surface area contributed by atoms with E-state index in [1.165, 1.54) is 19.3 Å². The third kappa shape index (κ3) is 14.1. The number of carbonyl (C=O) groups excluding carboxylic acids is 1. The lowest BCUT2D eigenvalue weighted by atomic mass is 10.0. The van der Waals surface area contributed by atoms with Gasteiger partial charge in [-0.05, 0) is 31.7 Å². The van der Waals surface area contributed by atoms with Crippen LogP contribution in [0.15, 0.2) is 0 Å². The van der Waals surface area contributed by atoms with Crippen LogP contribution < -0.4 is 11.1 Å². The summed E-state index contributed by atoms with van der Waals surface area (Å²) in [5.74, 6) is 0.357. The van der Waals surface area contributed by atoms with Crippen molar-refractivity contribution in [1.82, 2.24) is 5.32 Å². The fraction of sp³-hybridized carbons (Fsp3) is 0.938. The highest BCUT2D eigenvalue weighted by Gasteiger charge is 2.08. The molecule has 126 valence electrons. The molecule has 0 bridgehead atoms. The topological polar surface area (TPSA) is 84.6 Å². The Morgan fingerprint density at radius 1 is 1.24 bits per heavy atom. The fourth-order valence-electron chi connectivity index (χ4n) is 2.15. The number of aliphatic hydroxyl groups excluding tert-OH is 1. The van der Waals surface area contributed by atoms with Crippen molar-refractivity contribution in [2.75, 3.05) is 26.3 Å². The Kier molecular flexibility index (Phi) is 13.9. The highest BCUT2D eigenvalue weighted by molar-refractivity contribution is 5.73. The van der Waals surface area contributed by atoms with E-state index in [0.29, 0.717) is 25.5 Å². The highest BCUT2D eigenvalue weighted by atomic mass is 16.5. The van der Waals surface area contributed by atoms with Crippen LogP contribution in [-0.4, -0.2) is 43.4 Å². The average molecular weight is 302 g/mol. The van der Waals surface area contributed by atoms with Gasteiger partial charge in [0.1, 0.15) is 0 Å². The zero-order chi connectivity index (χ0) is 15.9. The lowest BCUT2D eigenvalue weighted by Crippen LogP contribution is -2.31. The number of nitrogens with two attached hydrogens (primary N) is 1. The van der Waals surface area contributed by atoms with Crippen molar-refractivity contribution in [2.45, 2.75) is 64.9 Å². The number of primary amides is 1. The largest absolute Gasteiger partial charge is 0.389 e. The van der Waals surface area contributed by atoms with Crippen molar-refractivity contribution in [3.63, 3.8) is 0 Å². The summed E-state index contributed by atoms with van der Waals surface area (Å²) in [5, 5.41) is 13.0. The van der Waals surface area contributed by atoms with Crippen LogP contribution in [0.4, 0.5) is 0 Å². The minimum absolute atomic E-state index is 0.253. The molecular weight excluding hydrogens is 268 g/mol. The number of nitrogens with one attached hydrogen (secondary N) is 1. The Hall–Kier alpha value is -0.650. The average Bonchev–Trinajstić information content (AvgIpc) is 2.46. The van der Waals surface area contributed by atoms with Gasteiger partial charge in [-0.3, -0.25) is 4.79 Å². The van der Waals surface area contributed by atoms with Gasteiger partial charge in [-0.1, -0.05) is 33.1 Å². The number of rotatable bonds is 15. The van der Waals surface area contributed by atoms with Crippen LogP contribution >= 0.6 is 0 Å². The van der Waals surface area contributed by atoms with Crippen molar-refractivity contribution in [3.8, 4) is 0 Å². The van der Waals surface area contributed by atoms with Gasteiger partial charge in [0.15, 0.2) is 0 Å². The first-order valence-corrected chi connectivity index (χ1v) is 8.34. The summed E-state index contributed by atoms with van der Waals surface area (Å²) < 4.78 is 5.60. The molecule has 0 radical (unpaired) electrons. The number of hydrogen-bond acceptors (Lipinski definition) is 4. The Morgan fingerprint density at radius 2 is 2.00 bits per heavy atom. The quantitative estimate of drug-likeness (QED) is 0.403. The van der Waals surface area contributed by atoms with Crippen molar-refractivity contribution in [3.05, 3.63) is 0 Å². The molecule has 0 aliphatic carbocycles. The summed E-state index contributed by atoms with van der Waals surface area (Å²) in [6.45, 7) is 6.84. The first kappa shape index (κ1) is 20.3. The summed E-state index contributed by atoms with van der Waals surface area (Å²) >= 11 is 0.